The van der Waals surface area contributed by atoms with Crippen molar-refractivity contribution in [3.8, 4) is 0 Å². The lowest BCUT2D eigenvalue weighted by molar-refractivity contribution is 0.0517. The van der Waals surface area contributed by atoms with E-state index in [4.69, 9.17) is 21.3 Å². The van der Waals surface area contributed by atoms with Crippen molar-refractivity contribution in [1.29, 1.82) is 0 Å². The fourth-order valence-electron chi connectivity index (χ4n) is 3.14. The maximum absolute atomic E-state index is 11.9. The molecule has 2 aromatic rings. The lowest BCUT2D eigenvalue weighted by atomic mass is 9.98. The van der Waals surface area contributed by atoms with Crippen LogP contribution in [0.1, 0.15) is 33.6 Å². The van der Waals surface area contributed by atoms with Crippen molar-refractivity contribution in [2.24, 2.45) is 5.92 Å². The van der Waals surface area contributed by atoms with Crippen LogP contribution < -0.4 is 10.2 Å². The van der Waals surface area contributed by atoms with Crippen LogP contribution in [0.2, 0.25) is 5.15 Å². The third-order valence-electron chi connectivity index (χ3n) is 4.26. The number of nitrogens with zero attached hydrogens (tertiary/aromatic N) is 3. The van der Waals surface area contributed by atoms with Crippen molar-refractivity contribution in [2.45, 2.75) is 39.2 Å². The Labute approximate surface area is 158 Å². The van der Waals surface area contributed by atoms with Gasteiger partial charge in [-0.25, -0.2) is 14.8 Å². The second kappa shape index (κ2) is 7.66. The molecule has 26 heavy (non-hydrogen) atoms. The summed E-state index contributed by atoms with van der Waals surface area (Å²) in [6.07, 6.45) is 1.69. The van der Waals surface area contributed by atoms with Crippen LogP contribution in [0, 0.1) is 5.92 Å². The predicted octanol–water partition coefficient (Wildman–Crippen LogP) is 4.02. The van der Waals surface area contributed by atoms with E-state index in [1.807, 2.05) is 45.0 Å². The Morgan fingerprint density at radius 3 is 2.69 bits per heavy atom. The molecule has 6 nitrogen and oxygen atoms in total. The summed E-state index contributed by atoms with van der Waals surface area (Å²) in [4.78, 5) is 23.2. The average molecular weight is 377 g/mol. The number of benzene rings is 1. The van der Waals surface area contributed by atoms with E-state index in [9.17, 15) is 4.79 Å². The summed E-state index contributed by atoms with van der Waals surface area (Å²) < 4.78 is 5.30. The van der Waals surface area contributed by atoms with Crippen LogP contribution >= 0.6 is 11.6 Å². The van der Waals surface area contributed by atoms with Crippen LogP contribution in [-0.2, 0) is 4.74 Å². The fraction of sp³-hybridized carbons (Fsp3) is 0.526. The van der Waals surface area contributed by atoms with E-state index in [1.54, 1.807) is 0 Å². The number of hydrogen-bond acceptors (Lipinski definition) is 5. The Morgan fingerprint density at radius 1 is 1.31 bits per heavy atom. The maximum Gasteiger partial charge on any atom is 0.407 e. The number of hydrogen-bond donors (Lipinski definition) is 1. The van der Waals surface area contributed by atoms with Crippen LogP contribution in [0.4, 0.5) is 10.6 Å². The third kappa shape index (κ3) is 4.75. The summed E-state index contributed by atoms with van der Waals surface area (Å²) >= 11 is 6.38. The Hall–Kier alpha value is -2.08. The highest BCUT2D eigenvalue weighted by Crippen LogP contribution is 2.28. The van der Waals surface area contributed by atoms with Crippen LogP contribution in [0.15, 0.2) is 24.3 Å². The van der Waals surface area contributed by atoms with E-state index >= 15 is 0 Å². The molecule has 1 N–H and O–H groups in total. The van der Waals surface area contributed by atoms with Crippen LogP contribution in [-0.4, -0.2) is 41.3 Å². The molecule has 2 heterocycles. The number of piperidine rings is 1. The molecule has 0 saturated carbocycles. The van der Waals surface area contributed by atoms with Gasteiger partial charge in [-0.1, -0.05) is 23.7 Å². The van der Waals surface area contributed by atoms with Gasteiger partial charge in [0.25, 0.3) is 0 Å². The van der Waals surface area contributed by atoms with Crippen molar-refractivity contribution in [2.75, 3.05) is 24.5 Å². The van der Waals surface area contributed by atoms with Gasteiger partial charge in [0.15, 0.2) is 11.0 Å². The first kappa shape index (κ1) is 18.7. The van der Waals surface area contributed by atoms with E-state index in [2.05, 4.69) is 15.2 Å². The minimum absolute atomic E-state index is 0.320. The molecule has 1 aliphatic heterocycles. The normalized spacial score (nSPS) is 18.0. The number of fused-ring (bicyclic) bond motifs is 1. The van der Waals surface area contributed by atoms with Gasteiger partial charge in [0, 0.05) is 19.6 Å². The summed E-state index contributed by atoms with van der Waals surface area (Å²) in [6.45, 7) is 7.81. The van der Waals surface area contributed by atoms with Crippen LogP contribution in [0.5, 0.6) is 0 Å². The molecule has 1 saturated heterocycles. The molecule has 0 bridgehead atoms. The number of rotatable bonds is 3. The number of aromatic nitrogens is 2. The number of halogens is 1. The number of carbonyl (C=O) groups excluding carboxylic acids is 1. The predicted molar refractivity (Wildman–Crippen MR) is 104 cm³/mol. The van der Waals surface area contributed by atoms with Crippen LogP contribution in [0.3, 0.4) is 0 Å². The highest BCUT2D eigenvalue weighted by Gasteiger charge is 2.24. The highest BCUT2D eigenvalue weighted by atomic mass is 35.5. The molecular weight excluding hydrogens is 352 g/mol. The first-order valence-electron chi connectivity index (χ1n) is 8.96. The topological polar surface area (TPSA) is 67.3 Å². The zero-order chi connectivity index (χ0) is 18.7. The molecule has 1 fully saturated rings. The molecule has 3 rings (SSSR count). The molecule has 1 aromatic carbocycles. The lowest BCUT2D eigenvalue weighted by Crippen LogP contribution is -2.42. The standard InChI is InChI=1S/C19H25ClN4O2/c1-19(2,3)26-18(25)21-11-13-7-6-10-24(12-13)17-16(20)22-14-8-4-5-9-15(14)23-17/h4-5,8-9,13H,6-7,10-12H2,1-3H3,(H,21,25)/t13-/m0/s1. The molecule has 1 aromatic heterocycles. The zero-order valence-electron chi connectivity index (χ0n) is 15.5. The van der Waals surface area contributed by atoms with E-state index in [-0.39, 0.29) is 6.09 Å². The Kier molecular flexibility index (Phi) is 5.51. The van der Waals surface area contributed by atoms with Gasteiger partial charge in [0.05, 0.1) is 11.0 Å². The molecular formula is C19H25ClN4O2. The molecule has 1 atom stereocenters. The van der Waals surface area contributed by atoms with Gasteiger partial charge in [0.2, 0.25) is 0 Å². The van der Waals surface area contributed by atoms with Gasteiger partial charge in [-0.2, -0.15) is 0 Å². The quantitative estimate of drug-likeness (QED) is 0.876. The van der Waals surface area contributed by atoms with Gasteiger partial charge >= 0.3 is 6.09 Å². The number of ether oxygens (including phenoxy) is 1. The highest BCUT2D eigenvalue weighted by molar-refractivity contribution is 6.32. The maximum atomic E-state index is 11.9. The van der Waals surface area contributed by atoms with Crippen molar-refractivity contribution >= 4 is 34.5 Å². The summed E-state index contributed by atoms with van der Waals surface area (Å²) in [7, 11) is 0. The molecule has 140 valence electrons. The van der Waals surface area contributed by atoms with Crippen molar-refractivity contribution in [1.82, 2.24) is 15.3 Å². The largest absolute Gasteiger partial charge is 0.444 e. The first-order valence-corrected chi connectivity index (χ1v) is 9.34. The molecule has 0 spiro atoms. The fourth-order valence-corrected chi connectivity index (χ4v) is 3.39. The van der Waals surface area contributed by atoms with Gasteiger partial charge in [0.1, 0.15) is 5.60 Å². The molecule has 7 heteroatoms. The van der Waals surface area contributed by atoms with E-state index in [0.29, 0.717) is 23.4 Å². The van der Waals surface area contributed by atoms with Gasteiger partial charge in [-0.15, -0.1) is 0 Å². The second-order valence-electron chi connectivity index (χ2n) is 7.66. The molecule has 1 amide bonds. The summed E-state index contributed by atoms with van der Waals surface area (Å²) in [6, 6.07) is 7.71. The number of nitrogens with one attached hydrogen (secondary N) is 1. The van der Waals surface area contributed by atoms with Crippen molar-refractivity contribution in [3.05, 3.63) is 29.4 Å². The zero-order valence-corrected chi connectivity index (χ0v) is 16.2. The van der Waals surface area contributed by atoms with Gasteiger partial charge in [-0.05, 0) is 51.7 Å². The molecule has 0 unspecified atom stereocenters. The second-order valence-corrected chi connectivity index (χ2v) is 8.02. The summed E-state index contributed by atoms with van der Waals surface area (Å²) in [5, 5.41) is 3.29. The van der Waals surface area contributed by atoms with Crippen LogP contribution in [0.25, 0.3) is 11.0 Å². The number of amides is 1. The van der Waals surface area contributed by atoms with E-state index < -0.39 is 5.60 Å². The Balaban J connectivity index is 1.65. The first-order chi connectivity index (χ1) is 12.3. The van der Waals surface area contributed by atoms with Crippen molar-refractivity contribution in [3.63, 3.8) is 0 Å². The number of carbonyl (C=O) groups is 1. The average Bonchev–Trinajstić information content (AvgIpc) is 2.58. The van der Waals surface area contributed by atoms with Crippen molar-refractivity contribution < 1.29 is 9.53 Å². The Bertz CT molecular complexity index is 791. The molecule has 0 radical (unpaired) electrons. The summed E-state index contributed by atoms with van der Waals surface area (Å²) in [5.74, 6) is 1.04. The smallest absolute Gasteiger partial charge is 0.407 e. The van der Waals surface area contributed by atoms with E-state index in [0.717, 1.165) is 37.0 Å². The van der Waals surface area contributed by atoms with E-state index in [1.165, 1.54) is 0 Å². The minimum Gasteiger partial charge on any atom is -0.444 e. The lowest BCUT2D eigenvalue weighted by Gasteiger charge is -2.34. The minimum atomic E-state index is -0.489. The monoisotopic (exact) mass is 376 g/mol. The SMILES string of the molecule is CC(C)(C)OC(=O)NC[C@@H]1CCCN(c2nc3ccccc3nc2Cl)C1. The third-order valence-corrected chi connectivity index (χ3v) is 4.52. The number of alkyl carbamates (subject to hydrolysis) is 1. The molecule has 1 aliphatic rings. The number of anilines is 1. The Morgan fingerprint density at radius 2 is 2.00 bits per heavy atom. The van der Waals surface area contributed by atoms with Gasteiger partial charge < -0.3 is 15.0 Å². The number of para-hydroxylation sites is 2. The van der Waals surface area contributed by atoms with Gasteiger partial charge in [-0.3, -0.25) is 0 Å². The molecule has 0 aliphatic carbocycles. The summed E-state index contributed by atoms with van der Waals surface area (Å²) in [5.41, 5.74) is 1.14.